The van der Waals surface area contributed by atoms with Gasteiger partial charge in [-0.2, -0.15) is 0 Å². The number of halogens is 2. The van der Waals surface area contributed by atoms with Crippen LogP contribution in [0.3, 0.4) is 0 Å². The van der Waals surface area contributed by atoms with Crippen LogP contribution in [0, 0.1) is 0 Å². The van der Waals surface area contributed by atoms with Gasteiger partial charge in [0.15, 0.2) is 0 Å². The zero-order valence-corrected chi connectivity index (χ0v) is 9.13. The lowest BCUT2D eigenvalue weighted by Crippen LogP contribution is -2.42. The average Bonchev–Trinajstić information content (AvgIpc) is 1.86. The molecule has 2 rings (SSSR count). The van der Waals surface area contributed by atoms with Crippen molar-refractivity contribution in [1.29, 1.82) is 0 Å². The monoisotopic (exact) mass is 211 g/mol. The Labute approximate surface area is 87.7 Å². The summed E-state index contributed by atoms with van der Waals surface area (Å²) >= 11 is 0. The van der Waals surface area contributed by atoms with Gasteiger partial charge in [-0.3, -0.25) is 0 Å². The van der Waals surface area contributed by atoms with Gasteiger partial charge in [-0.05, 0) is 38.8 Å². The van der Waals surface area contributed by atoms with Crippen molar-refractivity contribution in [2.45, 2.75) is 44.6 Å². The number of likely N-dealkylation sites (tertiary alicyclic amines) is 1. The van der Waals surface area contributed by atoms with Crippen molar-refractivity contribution in [3.63, 3.8) is 0 Å². The zero-order valence-electron chi connectivity index (χ0n) is 7.50. The third-order valence-electron chi connectivity index (χ3n) is 2.98. The molecule has 0 radical (unpaired) electrons. The Balaban J connectivity index is 0.000000605. The van der Waals surface area contributed by atoms with Crippen LogP contribution in [0.15, 0.2) is 0 Å². The molecule has 3 heteroatoms. The second-order valence-electron chi connectivity index (χ2n) is 3.68. The summed E-state index contributed by atoms with van der Waals surface area (Å²) in [6.45, 7) is 2.79. The molecule has 0 spiro atoms. The Morgan fingerprint density at radius 1 is 0.750 bits per heavy atom. The quantitative estimate of drug-likeness (QED) is 0.646. The number of hydrogen-bond donors (Lipinski definition) is 0. The van der Waals surface area contributed by atoms with Crippen molar-refractivity contribution in [1.82, 2.24) is 4.90 Å². The summed E-state index contributed by atoms with van der Waals surface area (Å²) in [4.78, 5) is 2.70. The topological polar surface area (TPSA) is 3.24 Å². The van der Waals surface area contributed by atoms with Gasteiger partial charge in [-0.25, -0.2) is 0 Å². The Morgan fingerprint density at radius 3 is 1.75 bits per heavy atom. The number of piperidine rings is 1. The van der Waals surface area contributed by atoms with Gasteiger partial charge >= 0.3 is 0 Å². The molecular weight excluding hydrogens is 193 g/mol. The largest absolute Gasteiger partial charge is 0.300 e. The summed E-state index contributed by atoms with van der Waals surface area (Å²) in [5.41, 5.74) is 0. The highest BCUT2D eigenvalue weighted by molar-refractivity contribution is 5.85. The molecule has 0 N–H and O–H groups in total. The van der Waals surface area contributed by atoms with Crippen LogP contribution in [-0.2, 0) is 0 Å². The first-order valence-corrected chi connectivity index (χ1v) is 4.71. The van der Waals surface area contributed by atoms with Crippen molar-refractivity contribution in [3.05, 3.63) is 0 Å². The van der Waals surface area contributed by atoms with Crippen LogP contribution in [0.1, 0.15) is 38.5 Å². The second kappa shape index (κ2) is 6.06. The zero-order chi connectivity index (χ0) is 6.81. The molecule has 1 aliphatic heterocycles. The minimum atomic E-state index is 0. The predicted octanol–water partition coefficient (Wildman–Crippen LogP) is 2.87. The maximum atomic E-state index is 2.70. The smallest absolute Gasteiger partial charge is 0.00952 e. The van der Waals surface area contributed by atoms with E-state index in [0.717, 1.165) is 6.04 Å². The summed E-state index contributed by atoms with van der Waals surface area (Å²) in [5, 5.41) is 0. The molecule has 2 fully saturated rings. The Morgan fingerprint density at radius 2 is 1.33 bits per heavy atom. The standard InChI is InChI=1S/C9H17N.2ClH/c1-2-7-10(8-3-1)9-5-4-6-9;;/h9H,1-8H2;2*1H. The highest BCUT2D eigenvalue weighted by Gasteiger charge is 2.25. The predicted molar refractivity (Wildman–Crippen MR) is 57.6 cm³/mol. The van der Waals surface area contributed by atoms with Crippen molar-refractivity contribution in [2.24, 2.45) is 0 Å². The maximum Gasteiger partial charge on any atom is 0.00952 e. The molecule has 0 aromatic heterocycles. The van der Waals surface area contributed by atoms with E-state index >= 15 is 0 Å². The Kier molecular flexibility index (Phi) is 6.34. The van der Waals surface area contributed by atoms with Crippen LogP contribution >= 0.6 is 24.8 Å². The van der Waals surface area contributed by atoms with E-state index < -0.39 is 0 Å². The van der Waals surface area contributed by atoms with Crippen molar-refractivity contribution >= 4 is 24.8 Å². The molecule has 1 saturated carbocycles. The molecule has 1 saturated heterocycles. The Hall–Kier alpha value is 0.540. The van der Waals surface area contributed by atoms with Crippen molar-refractivity contribution in [2.75, 3.05) is 13.1 Å². The van der Waals surface area contributed by atoms with Gasteiger partial charge in [0.1, 0.15) is 0 Å². The van der Waals surface area contributed by atoms with Crippen LogP contribution < -0.4 is 0 Å². The lowest BCUT2D eigenvalue weighted by Gasteiger charge is -2.39. The molecular formula is C9H19Cl2N. The van der Waals surface area contributed by atoms with E-state index in [1.165, 1.54) is 51.6 Å². The highest BCUT2D eigenvalue weighted by atomic mass is 35.5. The first-order chi connectivity index (χ1) is 4.97. The fourth-order valence-corrected chi connectivity index (χ4v) is 2.04. The molecule has 1 heterocycles. The summed E-state index contributed by atoms with van der Waals surface area (Å²) in [5.74, 6) is 0. The van der Waals surface area contributed by atoms with Crippen LogP contribution in [0.25, 0.3) is 0 Å². The molecule has 0 aromatic rings. The van der Waals surface area contributed by atoms with E-state index in [2.05, 4.69) is 4.90 Å². The van der Waals surface area contributed by atoms with E-state index in [9.17, 15) is 0 Å². The summed E-state index contributed by atoms with van der Waals surface area (Å²) < 4.78 is 0. The van der Waals surface area contributed by atoms with Crippen LogP contribution in [0.5, 0.6) is 0 Å². The first-order valence-electron chi connectivity index (χ1n) is 4.71. The van der Waals surface area contributed by atoms with Crippen LogP contribution in [-0.4, -0.2) is 24.0 Å². The van der Waals surface area contributed by atoms with Gasteiger partial charge in [0, 0.05) is 6.04 Å². The minimum Gasteiger partial charge on any atom is -0.300 e. The summed E-state index contributed by atoms with van der Waals surface area (Å²) in [7, 11) is 0. The van der Waals surface area contributed by atoms with Crippen molar-refractivity contribution in [3.8, 4) is 0 Å². The molecule has 0 unspecified atom stereocenters. The molecule has 0 amide bonds. The lowest BCUT2D eigenvalue weighted by molar-refractivity contribution is 0.105. The van der Waals surface area contributed by atoms with Gasteiger partial charge in [0.05, 0.1) is 0 Å². The normalized spacial score (nSPS) is 25.0. The molecule has 2 aliphatic rings. The molecule has 0 atom stereocenters. The highest BCUT2D eigenvalue weighted by Crippen LogP contribution is 2.26. The average molecular weight is 212 g/mol. The SMILES string of the molecule is C1CCN(C2CCC2)CC1.Cl.Cl. The molecule has 1 aliphatic carbocycles. The summed E-state index contributed by atoms with van der Waals surface area (Å²) in [6, 6.07) is 1.00. The number of nitrogens with zero attached hydrogens (tertiary/aromatic N) is 1. The minimum absolute atomic E-state index is 0. The first kappa shape index (κ1) is 12.5. The fourth-order valence-electron chi connectivity index (χ4n) is 2.04. The molecule has 1 nitrogen and oxygen atoms in total. The van der Waals surface area contributed by atoms with E-state index in [4.69, 9.17) is 0 Å². The van der Waals surface area contributed by atoms with Gasteiger partial charge in [-0.15, -0.1) is 24.8 Å². The van der Waals surface area contributed by atoms with E-state index in [1.54, 1.807) is 0 Å². The number of hydrogen-bond acceptors (Lipinski definition) is 1. The van der Waals surface area contributed by atoms with Gasteiger partial charge in [-0.1, -0.05) is 12.8 Å². The molecule has 0 bridgehead atoms. The van der Waals surface area contributed by atoms with Crippen LogP contribution in [0.4, 0.5) is 0 Å². The molecule has 0 aromatic carbocycles. The fraction of sp³-hybridized carbons (Fsp3) is 1.00. The van der Waals surface area contributed by atoms with Gasteiger partial charge in [0.2, 0.25) is 0 Å². The molecule has 12 heavy (non-hydrogen) atoms. The van der Waals surface area contributed by atoms with E-state index in [0.29, 0.717) is 0 Å². The van der Waals surface area contributed by atoms with Crippen molar-refractivity contribution < 1.29 is 0 Å². The van der Waals surface area contributed by atoms with Crippen LogP contribution in [0.2, 0.25) is 0 Å². The van der Waals surface area contributed by atoms with E-state index in [-0.39, 0.29) is 24.8 Å². The summed E-state index contributed by atoms with van der Waals surface area (Å²) in [6.07, 6.45) is 8.84. The maximum absolute atomic E-state index is 2.70. The third-order valence-corrected chi connectivity index (χ3v) is 2.98. The van der Waals surface area contributed by atoms with Gasteiger partial charge in [0.25, 0.3) is 0 Å². The van der Waals surface area contributed by atoms with E-state index in [1.807, 2.05) is 0 Å². The Bertz CT molecular complexity index is 109. The lowest BCUT2D eigenvalue weighted by atomic mass is 9.90. The molecule has 74 valence electrons. The van der Waals surface area contributed by atoms with Gasteiger partial charge < -0.3 is 4.90 Å². The third kappa shape index (κ3) is 2.79. The number of rotatable bonds is 1. The second-order valence-corrected chi connectivity index (χ2v) is 3.68.